The van der Waals surface area contributed by atoms with Gasteiger partial charge in [-0.15, -0.1) is 0 Å². The number of likely N-dealkylation sites (N-methyl/N-ethyl adjacent to an activating group) is 2. The van der Waals surface area contributed by atoms with Gasteiger partial charge < -0.3 is 38.2 Å². The molecular weight excluding hydrogens is 640 g/mol. The molecule has 0 N–H and O–H groups in total. The molecule has 2 heterocycles. The van der Waals surface area contributed by atoms with Crippen LogP contribution in [0.5, 0.6) is 34.5 Å². The fourth-order valence-corrected chi connectivity index (χ4v) is 5.12. The smallest absolute Gasteiger partial charge is 0.311 e. The number of carbonyl (C=O) groups excluding carboxylic acids is 2. The van der Waals surface area contributed by atoms with E-state index in [1.165, 1.54) is 28.4 Å². The highest BCUT2D eigenvalue weighted by Gasteiger charge is 2.20. The molecule has 266 valence electrons. The van der Waals surface area contributed by atoms with Gasteiger partial charge in [-0.1, -0.05) is 13.8 Å². The molecule has 12 nitrogen and oxygen atoms in total. The first-order chi connectivity index (χ1) is 24.1. The van der Waals surface area contributed by atoms with E-state index >= 15 is 0 Å². The van der Waals surface area contributed by atoms with Gasteiger partial charge in [0.15, 0.2) is 23.0 Å². The summed E-state index contributed by atoms with van der Waals surface area (Å²) in [6.45, 7) is 5.28. The summed E-state index contributed by atoms with van der Waals surface area (Å²) in [5.74, 6) is 1.36. The van der Waals surface area contributed by atoms with Crippen LogP contribution in [0.2, 0.25) is 0 Å². The van der Waals surface area contributed by atoms with Crippen molar-refractivity contribution in [3.63, 3.8) is 0 Å². The van der Waals surface area contributed by atoms with Crippen LogP contribution in [0.15, 0.2) is 60.9 Å². The summed E-state index contributed by atoms with van der Waals surface area (Å²) < 4.78 is 33.2. The molecule has 0 radical (unpaired) electrons. The van der Waals surface area contributed by atoms with Gasteiger partial charge in [-0.25, -0.2) is 0 Å². The second-order valence-corrected chi connectivity index (χ2v) is 11.5. The molecule has 2 aromatic carbocycles. The van der Waals surface area contributed by atoms with Crippen molar-refractivity contribution in [2.24, 2.45) is 0 Å². The maximum absolute atomic E-state index is 12.2. The highest BCUT2D eigenvalue weighted by atomic mass is 16.6. The van der Waals surface area contributed by atoms with E-state index in [1.54, 1.807) is 24.3 Å². The second kappa shape index (κ2) is 17.8. The van der Waals surface area contributed by atoms with Gasteiger partial charge in [0.05, 0.1) is 63.6 Å². The number of benzene rings is 2. The van der Waals surface area contributed by atoms with Gasteiger partial charge in [0, 0.05) is 51.2 Å². The first kappa shape index (κ1) is 37.3. The molecular formula is C38H46N4O8. The summed E-state index contributed by atoms with van der Waals surface area (Å²) in [7, 11) is 10.1. The molecule has 12 heteroatoms. The van der Waals surface area contributed by atoms with E-state index in [2.05, 4.69) is 9.80 Å². The van der Waals surface area contributed by atoms with E-state index in [0.717, 1.165) is 47.0 Å². The number of rotatable bonds is 17. The Kier molecular flexibility index (Phi) is 13.2. The Morgan fingerprint density at radius 2 is 0.920 bits per heavy atom. The Bertz CT molecular complexity index is 1570. The molecule has 0 spiro atoms. The number of hydrogen-bond acceptors (Lipinski definition) is 12. The van der Waals surface area contributed by atoms with Crippen molar-refractivity contribution in [2.45, 2.75) is 39.5 Å². The van der Waals surface area contributed by atoms with E-state index < -0.39 is 0 Å². The number of aromatic nitrogens is 2. The number of pyridine rings is 2. The molecule has 0 saturated carbocycles. The Labute approximate surface area is 293 Å². The van der Waals surface area contributed by atoms with Crippen LogP contribution in [-0.4, -0.2) is 77.5 Å². The first-order valence-corrected chi connectivity index (χ1v) is 16.4. The number of esters is 2. The molecule has 4 rings (SSSR count). The van der Waals surface area contributed by atoms with Gasteiger partial charge in [-0.2, -0.15) is 0 Å². The predicted molar refractivity (Wildman–Crippen MR) is 193 cm³/mol. The minimum absolute atomic E-state index is 0.253. The highest BCUT2D eigenvalue weighted by Crippen LogP contribution is 2.43. The highest BCUT2D eigenvalue weighted by molar-refractivity contribution is 5.78. The van der Waals surface area contributed by atoms with Gasteiger partial charge in [0.2, 0.25) is 11.5 Å². The molecule has 0 aliphatic rings. The number of methoxy groups -OCH3 is 4. The maximum Gasteiger partial charge on any atom is 0.311 e. The van der Waals surface area contributed by atoms with E-state index in [-0.39, 0.29) is 23.4 Å². The minimum atomic E-state index is -0.349. The van der Waals surface area contributed by atoms with Crippen molar-refractivity contribution >= 4 is 23.3 Å². The van der Waals surface area contributed by atoms with Crippen molar-refractivity contribution in [3.05, 3.63) is 60.9 Å². The molecule has 50 heavy (non-hydrogen) atoms. The Morgan fingerprint density at radius 1 is 0.580 bits per heavy atom. The molecule has 0 saturated heterocycles. The fraction of sp³-hybridized carbons (Fsp3) is 0.368. The van der Waals surface area contributed by atoms with Crippen LogP contribution in [0.1, 0.15) is 39.5 Å². The third kappa shape index (κ3) is 9.13. The molecule has 0 fully saturated rings. The standard InChI is InChI=1S/C38H46N4O8/c1-9-11-35(43)49-37-31(45-5)19-25(20-32(37)46-6)29-15-13-27(23-39-29)41(3)17-18-42(4)28-14-16-30(40-24-28)26-21-33(47-7)38(34(22-26)48-8)50-36(44)12-10-2/h13-16,19-24H,9-12,17-18H2,1-8H3. The summed E-state index contributed by atoms with van der Waals surface area (Å²) in [4.78, 5) is 38.0. The zero-order valence-corrected chi connectivity index (χ0v) is 30.1. The summed E-state index contributed by atoms with van der Waals surface area (Å²) in [6, 6.07) is 15.0. The van der Waals surface area contributed by atoms with Crippen LogP contribution in [0.3, 0.4) is 0 Å². The molecule has 2 aromatic heterocycles. The van der Waals surface area contributed by atoms with Gasteiger partial charge in [-0.3, -0.25) is 19.6 Å². The quantitative estimate of drug-likeness (QED) is 0.0855. The van der Waals surface area contributed by atoms with Crippen LogP contribution in [0.4, 0.5) is 11.4 Å². The Balaban J connectivity index is 1.41. The normalized spacial score (nSPS) is 10.6. The average molecular weight is 687 g/mol. The zero-order valence-electron chi connectivity index (χ0n) is 30.1. The largest absolute Gasteiger partial charge is 0.493 e. The molecule has 0 unspecified atom stereocenters. The topological polar surface area (TPSA) is 122 Å². The zero-order chi connectivity index (χ0) is 36.2. The molecule has 0 amide bonds. The number of anilines is 2. The van der Waals surface area contributed by atoms with E-state index in [9.17, 15) is 9.59 Å². The third-order valence-electron chi connectivity index (χ3n) is 8.00. The summed E-state index contributed by atoms with van der Waals surface area (Å²) >= 11 is 0. The van der Waals surface area contributed by atoms with E-state index in [4.69, 9.17) is 38.4 Å². The predicted octanol–water partition coefficient (Wildman–Crippen LogP) is 6.83. The third-order valence-corrected chi connectivity index (χ3v) is 8.00. The van der Waals surface area contributed by atoms with Crippen LogP contribution >= 0.6 is 0 Å². The average Bonchev–Trinajstić information content (AvgIpc) is 3.14. The summed E-state index contributed by atoms with van der Waals surface area (Å²) in [6.07, 6.45) is 5.59. The fourth-order valence-electron chi connectivity index (χ4n) is 5.12. The van der Waals surface area contributed by atoms with E-state index in [0.29, 0.717) is 48.7 Å². The van der Waals surface area contributed by atoms with Gasteiger partial charge in [0.25, 0.3) is 0 Å². The lowest BCUT2D eigenvalue weighted by molar-refractivity contribution is -0.135. The molecule has 4 aromatic rings. The lowest BCUT2D eigenvalue weighted by Crippen LogP contribution is -2.30. The Morgan fingerprint density at radius 3 is 1.18 bits per heavy atom. The lowest BCUT2D eigenvalue weighted by atomic mass is 10.1. The van der Waals surface area contributed by atoms with Crippen LogP contribution < -0.4 is 38.2 Å². The molecule has 0 atom stereocenters. The van der Waals surface area contributed by atoms with Crippen LogP contribution in [-0.2, 0) is 9.59 Å². The maximum atomic E-state index is 12.2. The monoisotopic (exact) mass is 686 g/mol. The summed E-state index contributed by atoms with van der Waals surface area (Å²) in [5, 5.41) is 0. The number of carbonyl (C=O) groups is 2. The first-order valence-electron chi connectivity index (χ1n) is 16.4. The van der Waals surface area contributed by atoms with Crippen molar-refractivity contribution < 1.29 is 38.0 Å². The second-order valence-electron chi connectivity index (χ2n) is 11.5. The van der Waals surface area contributed by atoms with Crippen LogP contribution in [0, 0.1) is 0 Å². The number of hydrogen-bond donors (Lipinski definition) is 0. The van der Waals surface area contributed by atoms with Gasteiger partial charge >= 0.3 is 11.9 Å². The number of nitrogens with zero attached hydrogens (tertiary/aromatic N) is 4. The number of ether oxygens (including phenoxy) is 6. The van der Waals surface area contributed by atoms with Gasteiger partial charge in [0.1, 0.15) is 0 Å². The van der Waals surface area contributed by atoms with Crippen molar-refractivity contribution in [2.75, 3.05) is 65.4 Å². The Hall–Kier alpha value is -5.52. The molecule has 0 aliphatic carbocycles. The van der Waals surface area contributed by atoms with Crippen molar-refractivity contribution in [3.8, 4) is 57.0 Å². The van der Waals surface area contributed by atoms with Crippen molar-refractivity contribution in [1.82, 2.24) is 9.97 Å². The van der Waals surface area contributed by atoms with Gasteiger partial charge in [-0.05, 0) is 61.4 Å². The summed E-state index contributed by atoms with van der Waals surface area (Å²) in [5.41, 5.74) is 4.87. The lowest BCUT2D eigenvalue weighted by Gasteiger charge is -2.25. The van der Waals surface area contributed by atoms with Crippen LogP contribution in [0.25, 0.3) is 22.5 Å². The minimum Gasteiger partial charge on any atom is -0.493 e. The van der Waals surface area contributed by atoms with E-state index in [1.807, 2.05) is 64.6 Å². The molecule has 0 aliphatic heterocycles. The van der Waals surface area contributed by atoms with Crippen molar-refractivity contribution in [1.29, 1.82) is 0 Å². The molecule has 0 bridgehead atoms. The SMILES string of the molecule is CCCC(=O)Oc1c(OC)cc(-c2ccc(N(C)CCN(C)c3ccc(-c4cc(OC)c(OC(=O)CCC)c(OC)c4)nc3)cn2)cc1OC.